The van der Waals surface area contributed by atoms with Crippen LogP contribution >= 0.6 is 0 Å². The molecule has 1 aliphatic heterocycles. The molecule has 2 rings (SSSR count). The van der Waals surface area contributed by atoms with Gasteiger partial charge in [0.15, 0.2) is 0 Å². The van der Waals surface area contributed by atoms with Crippen LogP contribution in [-0.4, -0.2) is 5.91 Å². The fourth-order valence-electron chi connectivity index (χ4n) is 2.63. The van der Waals surface area contributed by atoms with Crippen LogP contribution < -0.4 is 5.32 Å². The Morgan fingerprint density at radius 2 is 1.93 bits per heavy atom. The molecule has 0 aromatic rings. The number of amides is 1. The molecular weight excluding hydrogens is 186 g/mol. The number of allylic oxidation sites excluding steroid dienone is 2. The maximum absolute atomic E-state index is 11.8. The maximum atomic E-state index is 11.8. The average molecular weight is 205 g/mol. The summed E-state index contributed by atoms with van der Waals surface area (Å²) >= 11 is 0. The van der Waals surface area contributed by atoms with Gasteiger partial charge in [-0.15, -0.1) is 0 Å². The van der Waals surface area contributed by atoms with Gasteiger partial charge in [0.25, 0.3) is 5.91 Å². The minimum atomic E-state index is 0.112. The first kappa shape index (κ1) is 10.5. The van der Waals surface area contributed by atoms with Gasteiger partial charge in [0, 0.05) is 11.3 Å². The Labute approximate surface area is 91.4 Å². The quantitative estimate of drug-likeness (QED) is 0.605. The molecule has 2 atom stereocenters. The summed E-state index contributed by atoms with van der Waals surface area (Å²) in [4.78, 5) is 11.8. The zero-order valence-electron chi connectivity index (χ0n) is 9.98. The summed E-state index contributed by atoms with van der Waals surface area (Å²) in [5, 5.41) is 2.91. The molecule has 1 heterocycles. The zero-order chi connectivity index (χ0) is 11.2. The standard InChI is InChI=1S/C13H19NO/c1-7-5-6-11(8(7)2)12-9(3)10(4)14-13(12)15/h7-8H,5-6H2,1-4H3,(H,14,15)/b12-11-/t7-,8-/m0/s1. The molecular formula is C13H19NO. The van der Waals surface area contributed by atoms with Crippen LogP contribution in [0.5, 0.6) is 0 Å². The highest BCUT2D eigenvalue weighted by Gasteiger charge is 2.32. The van der Waals surface area contributed by atoms with Crippen LogP contribution in [0.4, 0.5) is 0 Å². The molecule has 0 unspecified atom stereocenters. The molecule has 0 aromatic heterocycles. The second-order valence-electron chi connectivity index (χ2n) is 4.91. The fraction of sp³-hybridized carbons (Fsp3) is 0.615. The van der Waals surface area contributed by atoms with Crippen molar-refractivity contribution in [2.45, 2.75) is 40.5 Å². The lowest BCUT2D eigenvalue weighted by Gasteiger charge is -2.12. The van der Waals surface area contributed by atoms with Crippen LogP contribution in [0.2, 0.25) is 0 Å². The van der Waals surface area contributed by atoms with Crippen molar-refractivity contribution >= 4 is 5.91 Å². The molecule has 0 radical (unpaired) electrons. The minimum absolute atomic E-state index is 0.112. The summed E-state index contributed by atoms with van der Waals surface area (Å²) in [6, 6.07) is 0. The van der Waals surface area contributed by atoms with E-state index in [0.29, 0.717) is 11.8 Å². The summed E-state index contributed by atoms with van der Waals surface area (Å²) < 4.78 is 0. The molecule has 1 saturated carbocycles. The molecule has 2 aliphatic rings. The topological polar surface area (TPSA) is 29.1 Å². The van der Waals surface area contributed by atoms with Crippen molar-refractivity contribution in [3.63, 3.8) is 0 Å². The lowest BCUT2D eigenvalue weighted by atomic mass is 9.91. The van der Waals surface area contributed by atoms with Crippen LogP contribution in [-0.2, 0) is 4.79 Å². The van der Waals surface area contributed by atoms with Crippen molar-refractivity contribution in [1.82, 2.24) is 5.32 Å². The highest BCUT2D eigenvalue weighted by molar-refractivity contribution is 6.03. The summed E-state index contributed by atoms with van der Waals surface area (Å²) in [6.45, 7) is 8.54. The van der Waals surface area contributed by atoms with Crippen LogP contribution in [0.15, 0.2) is 22.4 Å². The van der Waals surface area contributed by atoms with Gasteiger partial charge in [0.1, 0.15) is 0 Å². The predicted molar refractivity (Wildman–Crippen MR) is 61.1 cm³/mol. The van der Waals surface area contributed by atoms with Crippen molar-refractivity contribution in [3.05, 3.63) is 22.4 Å². The highest BCUT2D eigenvalue weighted by atomic mass is 16.2. The number of hydrogen-bond donors (Lipinski definition) is 1. The Morgan fingerprint density at radius 3 is 2.33 bits per heavy atom. The number of rotatable bonds is 0. The van der Waals surface area contributed by atoms with Crippen molar-refractivity contribution in [1.29, 1.82) is 0 Å². The molecule has 1 amide bonds. The average Bonchev–Trinajstić information content (AvgIpc) is 2.60. The van der Waals surface area contributed by atoms with Gasteiger partial charge >= 0.3 is 0 Å². The number of carbonyl (C=O) groups is 1. The predicted octanol–water partition coefficient (Wildman–Crippen LogP) is 2.77. The first-order valence-electron chi connectivity index (χ1n) is 5.74. The Hall–Kier alpha value is -1.05. The van der Waals surface area contributed by atoms with E-state index < -0.39 is 0 Å². The van der Waals surface area contributed by atoms with Crippen LogP contribution in [0.3, 0.4) is 0 Å². The van der Waals surface area contributed by atoms with Crippen molar-refractivity contribution < 1.29 is 4.79 Å². The van der Waals surface area contributed by atoms with Gasteiger partial charge in [-0.05, 0) is 44.1 Å². The molecule has 0 saturated heterocycles. The van der Waals surface area contributed by atoms with E-state index in [0.717, 1.165) is 23.3 Å². The molecule has 0 spiro atoms. The van der Waals surface area contributed by atoms with Crippen molar-refractivity contribution in [3.8, 4) is 0 Å². The zero-order valence-corrected chi connectivity index (χ0v) is 9.98. The molecule has 0 bridgehead atoms. The first-order chi connectivity index (χ1) is 7.02. The van der Waals surface area contributed by atoms with E-state index >= 15 is 0 Å². The minimum Gasteiger partial charge on any atom is -0.326 e. The number of carbonyl (C=O) groups excluding carboxylic acids is 1. The third-order valence-electron chi connectivity index (χ3n) is 4.06. The van der Waals surface area contributed by atoms with Gasteiger partial charge in [0.2, 0.25) is 0 Å². The monoisotopic (exact) mass is 205 g/mol. The van der Waals surface area contributed by atoms with E-state index in [4.69, 9.17) is 0 Å². The Balaban J connectivity index is 2.45. The summed E-state index contributed by atoms with van der Waals surface area (Å²) in [5.41, 5.74) is 4.52. The van der Waals surface area contributed by atoms with Crippen LogP contribution in [0, 0.1) is 11.8 Å². The largest absolute Gasteiger partial charge is 0.326 e. The van der Waals surface area contributed by atoms with E-state index in [1.54, 1.807) is 0 Å². The van der Waals surface area contributed by atoms with E-state index in [1.165, 1.54) is 12.0 Å². The fourth-order valence-corrected chi connectivity index (χ4v) is 2.63. The van der Waals surface area contributed by atoms with E-state index in [-0.39, 0.29) is 5.91 Å². The molecule has 1 N–H and O–H groups in total. The molecule has 1 fully saturated rings. The van der Waals surface area contributed by atoms with Crippen LogP contribution in [0.25, 0.3) is 0 Å². The SMILES string of the molecule is CC1=C(C)/C(=C2\CC[C@H](C)[C@@H]2C)C(=O)N1. The van der Waals surface area contributed by atoms with E-state index in [9.17, 15) is 4.79 Å². The van der Waals surface area contributed by atoms with Gasteiger partial charge in [-0.25, -0.2) is 0 Å². The second kappa shape index (κ2) is 3.51. The Bertz CT molecular complexity index is 376. The van der Waals surface area contributed by atoms with Crippen molar-refractivity contribution in [2.75, 3.05) is 0 Å². The smallest absolute Gasteiger partial charge is 0.255 e. The van der Waals surface area contributed by atoms with Crippen molar-refractivity contribution in [2.24, 2.45) is 11.8 Å². The molecule has 15 heavy (non-hydrogen) atoms. The molecule has 82 valence electrons. The van der Waals surface area contributed by atoms with Gasteiger partial charge in [-0.1, -0.05) is 19.4 Å². The number of hydrogen-bond acceptors (Lipinski definition) is 1. The van der Waals surface area contributed by atoms with Gasteiger partial charge in [-0.3, -0.25) is 4.79 Å². The summed E-state index contributed by atoms with van der Waals surface area (Å²) in [7, 11) is 0. The molecule has 2 nitrogen and oxygen atoms in total. The van der Waals surface area contributed by atoms with E-state index in [1.807, 2.05) is 13.8 Å². The normalized spacial score (nSPS) is 36.4. The van der Waals surface area contributed by atoms with Gasteiger partial charge in [0.05, 0.1) is 0 Å². The lowest BCUT2D eigenvalue weighted by molar-refractivity contribution is -0.116. The molecule has 2 heteroatoms. The van der Waals surface area contributed by atoms with E-state index in [2.05, 4.69) is 19.2 Å². The van der Waals surface area contributed by atoms with Gasteiger partial charge in [-0.2, -0.15) is 0 Å². The third kappa shape index (κ3) is 1.52. The first-order valence-corrected chi connectivity index (χ1v) is 5.74. The molecule has 1 aliphatic carbocycles. The van der Waals surface area contributed by atoms with Gasteiger partial charge < -0.3 is 5.32 Å². The molecule has 0 aromatic carbocycles. The third-order valence-corrected chi connectivity index (χ3v) is 4.06. The highest BCUT2D eigenvalue weighted by Crippen LogP contribution is 2.40. The second-order valence-corrected chi connectivity index (χ2v) is 4.91. The lowest BCUT2D eigenvalue weighted by Crippen LogP contribution is -2.17. The number of nitrogens with one attached hydrogen (secondary N) is 1. The Kier molecular flexibility index (Phi) is 2.45. The van der Waals surface area contributed by atoms with Crippen LogP contribution in [0.1, 0.15) is 40.5 Å². The summed E-state index contributed by atoms with van der Waals surface area (Å²) in [6.07, 6.45) is 2.31. The Morgan fingerprint density at radius 1 is 1.27 bits per heavy atom. The maximum Gasteiger partial charge on any atom is 0.255 e. The summed E-state index contributed by atoms with van der Waals surface area (Å²) in [5.74, 6) is 1.39.